The van der Waals surface area contributed by atoms with Crippen molar-refractivity contribution >= 4 is 34.1 Å². The Morgan fingerprint density at radius 3 is 2.69 bits per heavy atom. The van der Waals surface area contributed by atoms with E-state index in [4.69, 9.17) is 4.74 Å². The number of alkyl carbamates (subject to hydrolysis) is 1. The molecule has 0 radical (unpaired) electrons. The van der Waals surface area contributed by atoms with E-state index in [9.17, 15) is 4.79 Å². The summed E-state index contributed by atoms with van der Waals surface area (Å²) in [6.07, 6.45) is 7.96. The monoisotopic (exact) mass is 423 g/mol. The average Bonchev–Trinajstić information content (AvgIpc) is 2.83. The molecule has 1 unspecified atom stereocenters. The normalized spacial score (nSPS) is 25.4. The fourth-order valence-corrected chi connectivity index (χ4v) is 4.20. The lowest BCUT2D eigenvalue weighted by Gasteiger charge is -2.29. The van der Waals surface area contributed by atoms with Gasteiger partial charge in [0.15, 0.2) is 0 Å². The van der Waals surface area contributed by atoms with Crippen LogP contribution in [0.3, 0.4) is 0 Å². The summed E-state index contributed by atoms with van der Waals surface area (Å²) in [5.41, 5.74) is 0.683. The van der Waals surface area contributed by atoms with Crippen molar-refractivity contribution in [3.8, 4) is 0 Å². The molecule has 1 aliphatic heterocycles. The van der Waals surface area contributed by atoms with Crippen LogP contribution in [0.15, 0.2) is 6.20 Å². The molecular formula is C19H28BrN4O2+. The van der Waals surface area contributed by atoms with E-state index in [2.05, 4.69) is 42.0 Å². The summed E-state index contributed by atoms with van der Waals surface area (Å²) in [6.45, 7) is 8.54. The van der Waals surface area contributed by atoms with Gasteiger partial charge in [0, 0.05) is 19.2 Å². The molecule has 7 heteroatoms. The maximum Gasteiger partial charge on any atom is 0.407 e. The van der Waals surface area contributed by atoms with Crippen LogP contribution in [0.5, 0.6) is 0 Å². The Labute approximate surface area is 163 Å². The number of hydrogen-bond donors (Lipinski definition) is 1. The van der Waals surface area contributed by atoms with Crippen LogP contribution in [0.4, 0.5) is 10.6 Å². The van der Waals surface area contributed by atoms with Gasteiger partial charge in [0.2, 0.25) is 5.82 Å². The minimum absolute atomic E-state index is 0.184. The standard InChI is InChI=1S/C19H27BrN4O2/c1-12-21-9-15-16(20)11-24(17(15)22-12)10-13-5-7-14(8-6-13)23-18(25)26-19(2,3)4/h9,11,13-14,16H,5-8,10H2,1-4H3/p+1. The lowest BCUT2D eigenvalue weighted by molar-refractivity contribution is -0.447. The minimum Gasteiger partial charge on any atom is -0.444 e. The zero-order valence-corrected chi connectivity index (χ0v) is 17.5. The molecule has 0 spiro atoms. The summed E-state index contributed by atoms with van der Waals surface area (Å²) >= 11 is 3.69. The highest BCUT2D eigenvalue weighted by atomic mass is 79.9. The van der Waals surface area contributed by atoms with E-state index < -0.39 is 5.60 Å². The van der Waals surface area contributed by atoms with Crippen LogP contribution in [-0.2, 0) is 4.74 Å². The van der Waals surface area contributed by atoms with Gasteiger partial charge in [-0.1, -0.05) is 15.9 Å². The molecule has 2 aliphatic rings. The van der Waals surface area contributed by atoms with Gasteiger partial charge in [-0.2, -0.15) is 0 Å². The lowest BCUT2D eigenvalue weighted by Crippen LogP contribution is -2.41. The third kappa shape index (κ3) is 4.81. The van der Waals surface area contributed by atoms with Crippen LogP contribution >= 0.6 is 15.9 Å². The van der Waals surface area contributed by atoms with Gasteiger partial charge in [-0.15, -0.1) is 0 Å². The van der Waals surface area contributed by atoms with Gasteiger partial charge >= 0.3 is 11.9 Å². The number of ether oxygens (including phenoxy) is 1. The molecule has 0 saturated heterocycles. The zero-order valence-electron chi connectivity index (χ0n) is 16.0. The smallest absolute Gasteiger partial charge is 0.407 e. The van der Waals surface area contributed by atoms with E-state index in [1.807, 2.05) is 33.9 Å². The predicted molar refractivity (Wildman–Crippen MR) is 104 cm³/mol. The molecular weight excluding hydrogens is 396 g/mol. The summed E-state index contributed by atoms with van der Waals surface area (Å²) < 4.78 is 7.61. The van der Waals surface area contributed by atoms with Crippen LogP contribution in [0.2, 0.25) is 0 Å². The first kappa shape index (κ1) is 19.3. The van der Waals surface area contributed by atoms with Crippen LogP contribution in [0, 0.1) is 12.8 Å². The number of nitrogens with one attached hydrogen (secondary N) is 1. The topological polar surface area (TPSA) is 67.1 Å². The first-order valence-electron chi connectivity index (χ1n) is 9.30. The van der Waals surface area contributed by atoms with Crippen molar-refractivity contribution in [2.45, 2.75) is 69.8 Å². The summed E-state index contributed by atoms with van der Waals surface area (Å²) in [4.78, 5) is 21.0. The second-order valence-corrected chi connectivity index (χ2v) is 9.25. The summed E-state index contributed by atoms with van der Waals surface area (Å²) in [6, 6.07) is 0.212. The SMILES string of the molecule is Cc1ncc2c(n1)[N+](CC1CCC(NC(=O)OC(C)(C)C)CC1)=CC2Br. The number of rotatable bonds is 3. The number of carbonyl (C=O) groups is 1. The number of nitrogens with zero attached hydrogens (tertiary/aromatic N) is 3. The van der Waals surface area contributed by atoms with Crippen molar-refractivity contribution in [2.75, 3.05) is 6.54 Å². The molecule has 2 heterocycles. The predicted octanol–water partition coefficient (Wildman–Crippen LogP) is 4.03. The maximum absolute atomic E-state index is 11.9. The summed E-state index contributed by atoms with van der Waals surface area (Å²) in [5, 5.41) is 3.01. The van der Waals surface area contributed by atoms with Gasteiger partial charge in [0.25, 0.3) is 0 Å². The number of amides is 1. The Bertz CT molecular complexity index is 706. The van der Waals surface area contributed by atoms with E-state index in [0.717, 1.165) is 49.4 Å². The van der Waals surface area contributed by atoms with Crippen molar-refractivity contribution in [3.05, 3.63) is 17.6 Å². The zero-order chi connectivity index (χ0) is 18.9. The molecule has 1 amide bonds. The van der Waals surface area contributed by atoms with Gasteiger partial charge in [-0.05, 0) is 57.4 Å². The molecule has 1 aromatic heterocycles. The van der Waals surface area contributed by atoms with E-state index in [1.54, 1.807) is 0 Å². The van der Waals surface area contributed by atoms with Gasteiger partial charge < -0.3 is 10.1 Å². The molecule has 6 nitrogen and oxygen atoms in total. The summed E-state index contributed by atoms with van der Waals surface area (Å²) in [5.74, 6) is 2.42. The third-order valence-corrected chi connectivity index (χ3v) is 5.55. The molecule has 3 rings (SSSR count). The van der Waals surface area contributed by atoms with Crippen molar-refractivity contribution in [3.63, 3.8) is 0 Å². The fraction of sp³-hybridized carbons (Fsp3) is 0.684. The Kier molecular flexibility index (Phi) is 5.65. The molecule has 0 bridgehead atoms. The van der Waals surface area contributed by atoms with Gasteiger partial charge in [0.05, 0.1) is 18.3 Å². The van der Waals surface area contributed by atoms with Gasteiger partial charge in [0.1, 0.15) is 10.4 Å². The molecule has 142 valence electrons. The van der Waals surface area contributed by atoms with Crippen LogP contribution < -0.4 is 5.32 Å². The molecule has 1 N–H and O–H groups in total. The Morgan fingerprint density at radius 1 is 1.35 bits per heavy atom. The second-order valence-electron chi connectivity index (χ2n) is 8.26. The number of aromatic nitrogens is 2. The molecule has 1 saturated carbocycles. The number of carbonyl (C=O) groups excluding carboxylic acids is 1. The quantitative estimate of drug-likeness (QED) is 0.588. The molecule has 1 aliphatic carbocycles. The molecule has 1 aromatic rings. The van der Waals surface area contributed by atoms with Crippen molar-refractivity contribution in [1.29, 1.82) is 0 Å². The van der Waals surface area contributed by atoms with E-state index in [0.29, 0.717) is 5.92 Å². The van der Waals surface area contributed by atoms with Gasteiger partial charge in [-0.25, -0.2) is 14.4 Å². The largest absolute Gasteiger partial charge is 0.444 e. The van der Waals surface area contributed by atoms with Crippen molar-refractivity contribution < 1.29 is 14.1 Å². The fourth-order valence-electron chi connectivity index (χ4n) is 3.59. The summed E-state index contributed by atoms with van der Waals surface area (Å²) in [7, 11) is 0. The van der Waals surface area contributed by atoms with E-state index >= 15 is 0 Å². The van der Waals surface area contributed by atoms with Gasteiger partial charge in [-0.3, -0.25) is 0 Å². The van der Waals surface area contributed by atoms with Crippen molar-refractivity contribution in [1.82, 2.24) is 15.3 Å². The first-order valence-corrected chi connectivity index (χ1v) is 10.2. The lowest BCUT2D eigenvalue weighted by atomic mass is 9.86. The Morgan fingerprint density at radius 2 is 2.04 bits per heavy atom. The highest BCUT2D eigenvalue weighted by Gasteiger charge is 2.33. The highest BCUT2D eigenvalue weighted by molar-refractivity contribution is 9.09. The van der Waals surface area contributed by atoms with Crippen LogP contribution in [0.25, 0.3) is 0 Å². The van der Waals surface area contributed by atoms with E-state index in [-0.39, 0.29) is 17.0 Å². The number of aryl methyl sites for hydroxylation is 1. The van der Waals surface area contributed by atoms with Crippen LogP contribution in [-0.4, -0.2) is 45.0 Å². The number of hydrogen-bond acceptors (Lipinski definition) is 4. The number of fused-ring (bicyclic) bond motifs is 1. The second kappa shape index (κ2) is 7.62. The molecule has 0 aromatic carbocycles. The number of halogens is 1. The first-order chi connectivity index (χ1) is 12.2. The molecule has 1 atom stereocenters. The highest BCUT2D eigenvalue weighted by Crippen LogP contribution is 2.35. The average molecular weight is 424 g/mol. The Hall–Kier alpha value is -1.50. The van der Waals surface area contributed by atoms with E-state index in [1.165, 1.54) is 0 Å². The number of alkyl halides is 1. The Balaban J connectivity index is 1.52. The molecule has 1 fully saturated rings. The third-order valence-electron chi connectivity index (χ3n) is 4.82. The van der Waals surface area contributed by atoms with Crippen LogP contribution in [0.1, 0.15) is 62.7 Å². The van der Waals surface area contributed by atoms with Crippen molar-refractivity contribution in [2.24, 2.45) is 5.92 Å². The minimum atomic E-state index is -0.452. The molecule has 26 heavy (non-hydrogen) atoms. The maximum atomic E-state index is 11.9.